The average Bonchev–Trinajstić information content (AvgIpc) is 3.49. The van der Waals surface area contributed by atoms with Crippen LogP contribution in [-0.4, -0.2) is 57.8 Å². The molecule has 9 nitrogen and oxygen atoms in total. The van der Waals surface area contributed by atoms with Crippen LogP contribution >= 0.6 is 0 Å². The molecule has 2 fully saturated rings. The van der Waals surface area contributed by atoms with Crippen LogP contribution in [0, 0.1) is 12.7 Å². The lowest BCUT2D eigenvalue weighted by Gasteiger charge is -2.32. The molecule has 1 atom stereocenters. The van der Waals surface area contributed by atoms with Gasteiger partial charge in [0.25, 0.3) is 5.56 Å². The summed E-state index contributed by atoms with van der Waals surface area (Å²) in [5.74, 6) is 0.110. The van der Waals surface area contributed by atoms with Crippen molar-refractivity contribution >= 4 is 28.7 Å². The summed E-state index contributed by atoms with van der Waals surface area (Å²) in [6.45, 7) is 4.20. The lowest BCUT2D eigenvalue weighted by atomic mass is 10.0. The van der Waals surface area contributed by atoms with Crippen LogP contribution in [0.25, 0.3) is 22.2 Å². The second-order valence-electron chi connectivity index (χ2n) is 10.4. The number of fused-ring (bicyclic) bond motifs is 1. The minimum atomic E-state index is -0.346. The molecule has 2 saturated heterocycles. The van der Waals surface area contributed by atoms with Crippen LogP contribution in [0.2, 0.25) is 0 Å². The van der Waals surface area contributed by atoms with E-state index in [0.717, 1.165) is 22.9 Å². The number of carbonyl (C=O) groups excluding carboxylic acids is 1. The lowest BCUT2D eigenvalue weighted by molar-refractivity contribution is 0.186. The summed E-state index contributed by atoms with van der Waals surface area (Å²) in [6.07, 6.45) is 3.95. The number of hydrogen-bond acceptors (Lipinski definition) is 6. The van der Waals surface area contributed by atoms with Gasteiger partial charge in [-0.3, -0.25) is 9.36 Å². The molecule has 2 aliphatic rings. The average molecular weight is 543 g/mol. The van der Waals surface area contributed by atoms with Gasteiger partial charge in [0.1, 0.15) is 11.5 Å². The minimum absolute atomic E-state index is 0.0774. The van der Waals surface area contributed by atoms with E-state index < -0.39 is 0 Å². The van der Waals surface area contributed by atoms with Crippen molar-refractivity contribution in [1.29, 1.82) is 0 Å². The van der Waals surface area contributed by atoms with Crippen LogP contribution in [0.15, 0.2) is 65.6 Å². The quantitative estimate of drug-likeness (QED) is 0.369. The Balaban J connectivity index is 1.21. The smallest absolute Gasteiger partial charge is 0.321 e. The fourth-order valence-electron chi connectivity index (χ4n) is 5.47. The fraction of sp³-hybridized carbons (Fsp3) is 0.333. The molecule has 10 heteroatoms. The second-order valence-corrected chi connectivity index (χ2v) is 10.4. The number of aryl methyl sites for hydroxylation is 1. The first-order valence-corrected chi connectivity index (χ1v) is 13.6. The highest BCUT2D eigenvalue weighted by Crippen LogP contribution is 2.28. The molecular formula is C30H31FN6O3. The first-order valence-electron chi connectivity index (χ1n) is 13.6. The molecule has 2 aromatic carbocycles. The molecule has 0 bridgehead atoms. The van der Waals surface area contributed by atoms with Crippen LogP contribution in [0.5, 0.6) is 0 Å². The number of amides is 2. The SMILES string of the molecule is Cc1ccccc1-c1cc2cnc(NC3CCN(C(=O)Nc4ccc(F)cc4)CC3)nc2n([C@@H]2CCOC2)c1=O. The summed E-state index contributed by atoms with van der Waals surface area (Å²) in [4.78, 5) is 37.6. The number of nitrogens with one attached hydrogen (secondary N) is 2. The number of ether oxygens (including phenoxy) is 1. The third-order valence-electron chi connectivity index (χ3n) is 7.69. The molecule has 6 rings (SSSR count). The van der Waals surface area contributed by atoms with Gasteiger partial charge in [0.15, 0.2) is 0 Å². The van der Waals surface area contributed by atoms with Gasteiger partial charge in [0.05, 0.1) is 12.6 Å². The maximum absolute atomic E-state index is 13.8. The van der Waals surface area contributed by atoms with Crippen molar-refractivity contribution in [3.8, 4) is 11.1 Å². The molecule has 40 heavy (non-hydrogen) atoms. The molecule has 4 aromatic rings. The first-order chi connectivity index (χ1) is 19.5. The molecular weight excluding hydrogens is 511 g/mol. The molecule has 0 aliphatic carbocycles. The van der Waals surface area contributed by atoms with Gasteiger partial charge in [-0.15, -0.1) is 0 Å². The van der Waals surface area contributed by atoms with Gasteiger partial charge in [0.2, 0.25) is 5.95 Å². The van der Waals surface area contributed by atoms with E-state index in [1.165, 1.54) is 12.1 Å². The first kappa shape index (κ1) is 25.9. The molecule has 2 N–H and O–H groups in total. The van der Waals surface area contributed by atoms with Crippen molar-refractivity contribution in [2.45, 2.75) is 38.3 Å². The van der Waals surface area contributed by atoms with Crippen molar-refractivity contribution in [3.05, 3.63) is 82.5 Å². The summed E-state index contributed by atoms with van der Waals surface area (Å²) in [5, 5.41) is 7.02. The Kier molecular flexibility index (Phi) is 7.17. The maximum atomic E-state index is 13.8. The molecule has 2 amide bonds. The zero-order valence-electron chi connectivity index (χ0n) is 22.3. The molecule has 4 heterocycles. The minimum Gasteiger partial charge on any atom is -0.379 e. The number of rotatable bonds is 5. The highest BCUT2D eigenvalue weighted by Gasteiger charge is 2.26. The monoisotopic (exact) mass is 542 g/mol. The maximum Gasteiger partial charge on any atom is 0.321 e. The fourth-order valence-corrected chi connectivity index (χ4v) is 5.47. The molecule has 2 aromatic heterocycles. The predicted molar refractivity (Wildman–Crippen MR) is 152 cm³/mol. The number of hydrogen-bond donors (Lipinski definition) is 2. The Morgan fingerprint density at radius 2 is 1.82 bits per heavy atom. The van der Waals surface area contributed by atoms with E-state index in [0.29, 0.717) is 62.0 Å². The van der Waals surface area contributed by atoms with E-state index in [1.807, 2.05) is 37.3 Å². The number of nitrogens with zero attached hydrogens (tertiary/aromatic N) is 4. The van der Waals surface area contributed by atoms with E-state index in [9.17, 15) is 14.0 Å². The Labute approximate surface area is 231 Å². The van der Waals surface area contributed by atoms with E-state index >= 15 is 0 Å². The number of likely N-dealkylation sites (tertiary alicyclic amines) is 1. The van der Waals surface area contributed by atoms with Crippen LogP contribution in [-0.2, 0) is 4.74 Å². The summed E-state index contributed by atoms with van der Waals surface area (Å²) in [6, 6.07) is 15.3. The van der Waals surface area contributed by atoms with Gasteiger partial charge < -0.3 is 20.3 Å². The summed E-state index contributed by atoms with van der Waals surface area (Å²) in [5.41, 5.74) is 3.63. The Bertz CT molecular complexity index is 1590. The normalized spacial score (nSPS) is 17.8. The molecule has 2 aliphatic heterocycles. The van der Waals surface area contributed by atoms with Gasteiger partial charge in [-0.1, -0.05) is 24.3 Å². The van der Waals surface area contributed by atoms with Crippen LogP contribution in [0.1, 0.15) is 30.9 Å². The highest BCUT2D eigenvalue weighted by molar-refractivity contribution is 5.89. The molecule has 0 saturated carbocycles. The number of halogens is 1. The van der Waals surface area contributed by atoms with Crippen molar-refractivity contribution in [1.82, 2.24) is 19.4 Å². The lowest BCUT2D eigenvalue weighted by Crippen LogP contribution is -2.44. The molecule has 206 valence electrons. The standard InChI is InChI=1S/C30H31FN6O3/c1-19-4-2-3-5-25(19)26-16-20-17-32-29(35-27(20)37(28(26)38)24-12-15-40-18-24)33-23-10-13-36(14-11-23)30(39)34-22-8-6-21(31)7-9-22/h2-9,16-17,23-24H,10-15,18H2,1H3,(H,34,39)(H,32,33,35)/t24-/m1/s1. The summed E-state index contributed by atoms with van der Waals surface area (Å²) < 4.78 is 20.6. The Hall–Kier alpha value is -4.31. The zero-order valence-corrected chi connectivity index (χ0v) is 22.3. The topological polar surface area (TPSA) is 101 Å². The number of anilines is 2. The van der Waals surface area contributed by atoms with Crippen molar-refractivity contribution in [2.24, 2.45) is 0 Å². The van der Waals surface area contributed by atoms with E-state index in [1.54, 1.807) is 27.8 Å². The molecule has 0 spiro atoms. The second kappa shape index (κ2) is 11.1. The predicted octanol–water partition coefficient (Wildman–Crippen LogP) is 4.98. The number of aromatic nitrogens is 3. The Morgan fingerprint density at radius 3 is 2.55 bits per heavy atom. The number of benzene rings is 2. The summed E-state index contributed by atoms with van der Waals surface area (Å²) >= 11 is 0. The van der Waals surface area contributed by atoms with Gasteiger partial charge in [0, 0.05) is 48.6 Å². The van der Waals surface area contributed by atoms with Gasteiger partial charge >= 0.3 is 6.03 Å². The summed E-state index contributed by atoms with van der Waals surface area (Å²) in [7, 11) is 0. The van der Waals surface area contributed by atoms with Gasteiger partial charge in [-0.2, -0.15) is 4.98 Å². The van der Waals surface area contributed by atoms with Crippen LogP contribution in [0.3, 0.4) is 0 Å². The van der Waals surface area contributed by atoms with E-state index in [-0.39, 0.29) is 29.5 Å². The van der Waals surface area contributed by atoms with E-state index in [4.69, 9.17) is 9.72 Å². The van der Waals surface area contributed by atoms with E-state index in [2.05, 4.69) is 15.6 Å². The number of pyridine rings is 1. The third kappa shape index (κ3) is 5.27. The van der Waals surface area contributed by atoms with Crippen LogP contribution < -0.4 is 16.2 Å². The molecule has 0 radical (unpaired) electrons. The number of urea groups is 1. The van der Waals surface area contributed by atoms with Gasteiger partial charge in [-0.05, 0) is 67.6 Å². The van der Waals surface area contributed by atoms with Crippen molar-refractivity contribution in [3.63, 3.8) is 0 Å². The number of piperidine rings is 1. The molecule has 0 unspecified atom stereocenters. The largest absolute Gasteiger partial charge is 0.379 e. The van der Waals surface area contributed by atoms with Gasteiger partial charge in [-0.25, -0.2) is 14.2 Å². The van der Waals surface area contributed by atoms with Crippen molar-refractivity contribution < 1.29 is 13.9 Å². The van der Waals surface area contributed by atoms with Crippen LogP contribution in [0.4, 0.5) is 20.8 Å². The Morgan fingerprint density at radius 1 is 1.05 bits per heavy atom. The highest BCUT2D eigenvalue weighted by atomic mass is 19.1. The zero-order chi connectivity index (χ0) is 27.6. The number of carbonyl (C=O) groups is 1. The third-order valence-corrected chi connectivity index (χ3v) is 7.69. The van der Waals surface area contributed by atoms with Crippen molar-refractivity contribution in [2.75, 3.05) is 36.9 Å².